The van der Waals surface area contributed by atoms with Gasteiger partial charge in [-0.25, -0.2) is 4.39 Å². The maximum Gasteiger partial charge on any atom is 0.254 e. The van der Waals surface area contributed by atoms with Gasteiger partial charge in [0, 0.05) is 62.9 Å². The van der Waals surface area contributed by atoms with E-state index in [9.17, 15) is 14.0 Å². The van der Waals surface area contributed by atoms with E-state index in [0.29, 0.717) is 24.6 Å². The lowest BCUT2D eigenvalue weighted by Gasteiger charge is -2.36. The first-order valence-corrected chi connectivity index (χ1v) is 11.9. The van der Waals surface area contributed by atoms with Gasteiger partial charge in [-0.05, 0) is 43.2 Å². The molecule has 2 amide bonds. The molecule has 4 rings (SSSR count). The summed E-state index contributed by atoms with van der Waals surface area (Å²) < 4.78 is 18.8. The second-order valence-electron chi connectivity index (χ2n) is 8.84. The SMILES string of the molecule is COc1ccccc1/C=C/CN(CCN1CCN(C(=O)C2CC2)CC1)C(=O)c1ccc(F)cc1. The lowest BCUT2D eigenvalue weighted by atomic mass is 10.1. The molecule has 34 heavy (non-hydrogen) atoms. The van der Waals surface area contributed by atoms with E-state index in [1.807, 2.05) is 41.3 Å². The molecule has 1 aliphatic carbocycles. The quantitative estimate of drug-likeness (QED) is 0.569. The van der Waals surface area contributed by atoms with Gasteiger partial charge in [0.2, 0.25) is 5.91 Å². The van der Waals surface area contributed by atoms with E-state index in [-0.39, 0.29) is 17.6 Å². The summed E-state index contributed by atoms with van der Waals surface area (Å²) in [4.78, 5) is 31.5. The van der Waals surface area contributed by atoms with Crippen molar-refractivity contribution in [3.63, 3.8) is 0 Å². The van der Waals surface area contributed by atoms with Crippen LogP contribution >= 0.6 is 0 Å². The predicted octanol–water partition coefficient (Wildman–Crippen LogP) is 3.54. The summed E-state index contributed by atoms with van der Waals surface area (Å²) in [6.45, 7) is 4.81. The van der Waals surface area contributed by atoms with Crippen molar-refractivity contribution in [3.05, 3.63) is 71.6 Å². The third-order valence-electron chi connectivity index (χ3n) is 6.44. The zero-order chi connectivity index (χ0) is 23.9. The minimum Gasteiger partial charge on any atom is -0.496 e. The van der Waals surface area contributed by atoms with Gasteiger partial charge in [-0.2, -0.15) is 0 Å². The number of halogens is 1. The fourth-order valence-electron chi connectivity index (χ4n) is 4.20. The molecule has 0 unspecified atom stereocenters. The lowest BCUT2D eigenvalue weighted by Crippen LogP contribution is -2.51. The number of rotatable bonds is 9. The van der Waals surface area contributed by atoms with E-state index in [1.165, 1.54) is 24.3 Å². The largest absolute Gasteiger partial charge is 0.496 e. The van der Waals surface area contributed by atoms with Gasteiger partial charge < -0.3 is 14.5 Å². The predicted molar refractivity (Wildman–Crippen MR) is 130 cm³/mol. The Morgan fingerprint density at radius 2 is 1.76 bits per heavy atom. The molecule has 1 aliphatic heterocycles. The van der Waals surface area contributed by atoms with Gasteiger partial charge in [0.1, 0.15) is 11.6 Å². The Bertz CT molecular complexity index is 1010. The van der Waals surface area contributed by atoms with Crippen LogP contribution in [0.4, 0.5) is 4.39 Å². The highest BCUT2D eigenvalue weighted by Crippen LogP contribution is 2.31. The lowest BCUT2D eigenvalue weighted by molar-refractivity contribution is -0.134. The van der Waals surface area contributed by atoms with E-state index in [1.54, 1.807) is 12.0 Å². The minimum absolute atomic E-state index is 0.132. The second kappa shape index (κ2) is 11.3. The summed E-state index contributed by atoms with van der Waals surface area (Å²) in [5.74, 6) is 0.832. The van der Waals surface area contributed by atoms with Gasteiger partial charge in [-0.15, -0.1) is 0 Å². The number of carbonyl (C=O) groups excluding carboxylic acids is 2. The van der Waals surface area contributed by atoms with Gasteiger partial charge in [0.25, 0.3) is 5.91 Å². The summed E-state index contributed by atoms with van der Waals surface area (Å²) in [5.41, 5.74) is 1.41. The Morgan fingerprint density at radius 1 is 1.06 bits per heavy atom. The molecule has 1 heterocycles. The topological polar surface area (TPSA) is 53.1 Å². The second-order valence-corrected chi connectivity index (χ2v) is 8.84. The normalized spacial score (nSPS) is 16.6. The van der Waals surface area contributed by atoms with Crippen molar-refractivity contribution in [1.82, 2.24) is 14.7 Å². The molecule has 0 atom stereocenters. The molecular formula is C27H32FN3O3. The molecule has 2 aromatic rings. The van der Waals surface area contributed by atoms with E-state index >= 15 is 0 Å². The molecule has 2 fully saturated rings. The van der Waals surface area contributed by atoms with Crippen molar-refractivity contribution in [2.24, 2.45) is 5.92 Å². The van der Waals surface area contributed by atoms with E-state index in [2.05, 4.69) is 4.90 Å². The summed E-state index contributed by atoms with van der Waals surface area (Å²) in [5, 5.41) is 0. The van der Waals surface area contributed by atoms with Crippen molar-refractivity contribution >= 4 is 17.9 Å². The molecule has 180 valence electrons. The Morgan fingerprint density at radius 3 is 2.44 bits per heavy atom. The van der Waals surface area contributed by atoms with Gasteiger partial charge in [0.05, 0.1) is 7.11 Å². The molecule has 0 bridgehead atoms. The van der Waals surface area contributed by atoms with Gasteiger partial charge in [-0.3, -0.25) is 14.5 Å². The van der Waals surface area contributed by atoms with Crippen LogP contribution in [0.1, 0.15) is 28.8 Å². The summed E-state index contributed by atoms with van der Waals surface area (Å²) in [6, 6.07) is 13.4. The number of benzene rings is 2. The highest BCUT2D eigenvalue weighted by atomic mass is 19.1. The monoisotopic (exact) mass is 465 g/mol. The van der Waals surface area contributed by atoms with Gasteiger partial charge >= 0.3 is 0 Å². The molecular weight excluding hydrogens is 433 g/mol. The smallest absolute Gasteiger partial charge is 0.254 e. The minimum atomic E-state index is -0.363. The first kappa shape index (κ1) is 24.0. The van der Waals surface area contributed by atoms with Crippen LogP contribution in [0.25, 0.3) is 6.08 Å². The van der Waals surface area contributed by atoms with Crippen LogP contribution < -0.4 is 4.74 Å². The number of nitrogens with zero attached hydrogens (tertiary/aromatic N) is 3. The number of carbonyl (C=O) groups is 2. The molecule has 7 heteroatoms. The number of amides is 2. The van der Waals surface area contributed by atoms with Crippen LogP contribution in [0.15, 0.2) is 54.6 Å². The molecule has 2 aliphatic rings. The number of piperazine rings is 1. The van der Waals surface area contributed by atoms with Crippen molar-refractivity contribution in [2.75, 3.05) is 52.9 Å². The number of hydrogen-bond donors (Lipinski definition) is 0. The molecule has 0 spiro atoms. The molecule has 0 radical (unpaired) electrons. The van der Waals surface area contributed by atoms with Crippen LogP contribution in [-0.4, -0.2) is 79.4 Å². The average Bonchev–Trinajstić information content (AvgIpc) is 3.72. The Balaban J connectivity index is 1.38. The number of methoxy groups -OCH3 is 1. The standard InChI is InChI=1S/C27H32FN3O3/c1-34-25-7-3-2-5-21(25)6-4-14-30(26(32)23-10-12-24(28)13-11-23)18-15-29-16-19-31(20-17-29)27(33)22-8-9-22/h2-7,10-13,22H,8-9,14-20H2,1H3/b6-4+. The molecule has 1 saturated carbocycles. The molecule has 6 nitrogen and oxygen atoms in total. The van der Waals surface area contributed by atoms with Crippen molar-refractivity contribution < 1.29 is 18.7 Å². The Hall–Kier alpha value is -3.19. The highest BCUT2D eigenvalue weighted by molar-refractivity contribution is 5.94. The highest BCUT2D eigenvalue weighted by Gasteiger charge is 2.34. The van der Waals surface area contributed by atoms with Crippen molar-refractivity contribution in [2.45, 2.75) is 12.8 Å². The van der Waals surface area contributed by atoms with Gasteiger partial charge in [0.15, 0.2) is 0 Å². The number of ether oxygens (including phenoxy) is 1. The first-order chi connectivity index (χ1) is 16.5. The maximum absolute atomic E-state index is 13.4. The summed E-state index contributed by atoms with van der Waals surface area (Å²) >= 11 is 0. The Labute approximate surface area is 200 Å². The van der Waals surface area contributed by atoms with Crippen LogP contribution in [0.2, 0.25) is 0 Å². The Kier molecular flexibility index (Phi) is 7.95. The van der Waals surface area contributed by atoms with E-state index in [4.69, 9.17) is 4.74 Å². The van der Waals surface area contributed by atoms with Crippen LogP contribution in [0.3, 0.4) is 0 Å². The van der Waals surface area contributed by atoms with Crippen LogP contribution in [0, 0.1) is 11.7 Å². The third-order valence-corrected chi connectivity index (χ3v) is 6.44. The third kappa shape index (κ3) is 6.23. The van der Waals surface area contributed by atoms with Crippen LogP contribution in [0.5, 0.6) is 5.75 Å². The fourth-order valence-corrected chi connectivity index (χ4v) is 4.20. The van der Waals surface area contributed by atoms with Crippen LogP contribution in [-0.2, 0) is 4.79 Å². The van der Waals surface area contributed by atoms with Crippen molar-refractivity contribution in [3.8, 4) is 5.75 Å². The molecule has 1 saturated heterocycles. The number of hydrogen-bond acceptors (Lipinski definition) is 4. The summed E-state index contributed by atoms with van der Waals surface area (Å²) in [7, 11) is 1.63. The molecule has 0 aromatic heterocycles. The van der Waals surface area contributed by atoms with Crippen molar-refractivity contribution in [1.29, 1.82) is 0 Å². The molecule has 0 N–H and O–H groups in total. The summed E-state index contributed by atoms with van der Waals surface area (Å²) in [6.07, 6.45) is 5.96. The fraction of sp³-hybridized carbons (Fsp3) is 0.407. The van der Waals surface area contributed by atoms with E-state index < -0.39 is 0 Å². The average molecular weight is 466 g/mol. The molecule has 2 aromatic carbocycles. The first-order valence-electron chi connectivity index (χ1n) is 11.9. The maximum atomic E-state index is 13.4. The zero-order valence-corrected chi connectivity index (χ0v) is 19.7. The number of para-hydroxylation sites is 1. The van der Waals surface area contributed by atoms with E-state index in [0.717, 1.165) is 56.9 Å². The van der Waals surface area contributed by atoms with Gasteiger partial charge in [-0.1, -0.05) is 30.4 Å². The zero-order valence-electron chi connectivity index (χ0n) is 19.7.